The molecule has 0 N–H and O–H groups in total. The molecule has 0 rings (SSSR count). The van der Waals surface area contributed by atoms with Crippen molar-refractivity contribution in [3.05, 3.63) is 0 Å². The minimum absolute atomic E-state index is 0.118. The highest BCUT2D eigenvalue weighted by molar-refractivity contribution is 5.69. The lowest BCUT2D eigenvalue weighted by Crippen LogP contribution is -2.15. The zero-order valence-electron chi connectivity index (χ0n) is 25.3. The van der Waals surface area contributed by atoms with Gasteiger partial charge in [-0.15, -0.1) is 0 Å². The third-order valence-corrected chi connectivity index (χ3v) is 6.56. The number of rotatable bonds is 32. The van der Waals surface area contributed by atoms with Crippen molar-refractivity contribution in [3.63, 3.8) is 0 Å². The van der Waals surface area contributed by atoms with E-state index in [1.807, 2.05) is 0 Å². The number of esters is 1. The second kappa shape index (κ2) is 32.5. The highest BCUT2D eigenvalue weighted by Crippen LogP contribution is 2.13. The first kappa shape index (κ1) is 37.3. The average Bonchev–Trinajstić information content (AvgIpc) is 2.92. The molecule has 0 aromatic heterocycles. The number of unbranched alkanes of at least 4 members (excludes halogenated alkanes) is 12. The fraction of sp³-hybridized carbons (Fsp3) is 0.968. The summed E-state index contributed by atoms with van der Waals surface area (Å²) in [7, 11) is 0. The van der Waals surface area contributed by atoms with Gasteiger partial charge >= 0.3 is 5.97 Å². The molecule has 0 aliphatic carbocycles. The molecule has 228 valence electrons. The fourth-order valence-electron chi connectivity index (χ4n) is 3.86. The summed E-state index contributed by atoms with van der Waals surface area (Å²) in [6, 6.07) is 0. The van der Waals surface area contributed by atoms with E-state index in [0.29, 0.717) is 78.4 Å². The molecule has 0 radical (unpaired) electrons. The number of carbonyl (C=O) groups excluding carboxylic acids is 1. The lowest BCUT2D eigenvalue weighted by Gasteiger charge is -2.10. The van der Waals surface area contributed by atoms with Crippen molar-refractivity contribution in [1.82, 2.24) is 0 Å². The van der Waals surface area contributed by atoms with Gasteiger partial charge in [-0.1, -0.05) is 104 Å². The van der Waals surface area contributed by atoms with E-state index in [0.717, 1.165) is 25.9 Å². The first-order valence-corrected chi connectivity index (χ1v) is 15.7. The number of carbonyl (C=O) groups is 1. The number of ether oxygens (including phenoxy) is 6. The summed E-state index contributed by atoms with van der Waals surface area (Å²) in [6.07, 6.45) is 18.6. The van der Waals surface area contributed by atoms with E-state index in [9.17, 15) is 4.79 Å². The van der Waals surface area contributed by atoms with Crippen LogP contribution in [-0.4, -0.2) is 78.6 Å². The quantitative estimate of drug-likeness (QED) is 0.0656. The van der Waals surface area contributed by atoms with Gasteiger partial charge in [0, 0.05) is 13.0 Å². The first-order chi connectivity index (χ1) is 18.7. The summed E-state index contributed by atoms with van der Waals surface area (Å²) in [6.45, 7) is 12.5. The van der Waals surface area contributed by atoms with Gasteiger partial charge in [0.25, 0.3) is 0 Å². The molecule has 1 unspecified atom stereocenters. The van der Waals surface area contributed by atoms with E-state index in [4.69, 9.17) is 28.4 Å². The van der Waals surface area contributed by atoms with Gasteiger partial charge in [-0.2, -0.15) is 0 Å². The molecule has 7 nitrogen and oxygen atoms in total. The zero-order valence-corrected chi connectivity index (χ0v) is 25.3. The predicted molar refractivity (Wildman–Crippen MR) is 155 cm³/mol. The van der Waals surface area contributed by atoms with Crippen molar-refractivity contribution >= 4 is 5.97 Å². The Kier molecular flexibility index (Phi) is 31.9. The second-order valence-electron chi connectivity index (χ2n) is 10.3. The summed E-state index contributed by atoms with van der Waals surface area (Å²) in [4.78, 5) is 11.8. The third kappa shape index (κ3) is 31.5. The van der Waals surface area contributed by atoms with Crippen LogP contribution in [0.25, 0.3) is 0 Å². The van der Waals surface area contributed by atoms with Crippen LogP contribution in [0.1, 0.15) is 117 Å². The average molecular weight is 547 g/mol. The number of hydrogen-bond donors (Lipinski definition) is 0. The topological polar surface area (TPSA) is 72.5 Å². The van der Waals surface area contributed by atoms with Crippen molar-refractivity contribution < 1.29 is 33.2 Å². The molecule has 0 fully saturated rings. The largest absolute Gasteiger partial charge is 0.463 e. The van der Waals surface area contributed by atoms with Gasteiger partial charge in [0.05, 0.1) is 59.5 Å². The molecule has 0 saturated carbocycles. The Morgan fingerprint density at radius 3 is 1.29 bits per heavy atom. The maximum Gasteiger partial charge on any atom is 0.305 e. The Morgan fingerprint density at radius 1 is 0.500 bits per heavy atom. The fourth-order valence-corrected chi connectivity index (χ4v) is 3.86. The van der Waals surface area contributed by atoms with E-state index in [1.165, 1.54) is 70.6 Å². The van der Waals surface area contributed by atoms with E-state index in [-0.39, 0.29) is 5.97 Å². The molecule has 0 bridgehead atoms. The normalized spacial score (nSPS) is 12.2. The van der Waals surface area contributed by atoms with Crippen molar-refractivity contribution in [2.45, 2.75) is 117 Å². The molecule has 7 heteroatoms. The van der Waals surface area contributed by atoms with Gasteiger partial charge in [0.1, 0.15) is 6.61 Å². The highest BCUT2D eigenvalue weighted by atomic mass is 16.6. The lowest BCUT2D eigenvalue weighted by molar-refractivity contribution is -0.145. The summed E-state index contributed by atoms with van der Waals surface area (Å²) in [5.74, 6) is 0.484. The van der Waals surface area contributed by atoms with Gasteiger partial charge in [-0.3, -0.25) is 4.79 Å². The van der Waals surface area contributed by atoms with Crippen LogP contribution in [0.3, 0.4) is 0 Å². The molecule has 38 heavy (non-hydrogen) atoms. The molecular weight excluding hydrogens is 484 g/mol. The maximum atomic E-state index is 11.8. The lowest BCUT2D eigenvalue weighted by atomic mass is 10.0. The molecule has 0 heterocycles. The molecule has 0 aromatic carbocycles. The molecule has 0 aliphatic heterocycles. The molecule has 0 spiro atoms. The van der Waals surface area contributed by atoms with Crippen LogP contribution >= 0.6 is 0 Å². The van der Waals surface area contributed by atoms with Crippen LogP contribution in [0, 0.1) is 5.92 Å². The van der Waals surface area contributed by atoms with Gasteiger partial charge < -0.3 is 28.4 Å². The summed E-state index contributed by atoms with van der Waals surface area (Å²) in [5.41, 5.74) is 0. The molecule has 0 amide bonds. The minimum Gasteiger partial charge on any atom is -0.463 e. The summed E-state index contributed by atoms with van der Waals surface area (Å²) in [5, 5.41) is 0. The Balaban J connectivity index is 3.15. The summed E-state index contributed by atoms with van der Waals surface area (Å²) < 4.78 is 32.6. The Hall–Kier alpha value is -0.730. The molecule has 1 atom stereocenters. The van der Waals surface area contributed by atoms with Crippen molar-refractivity contribution in [2.75, 3.05) is 72.7 Å². The van der Waals surface area contributed by atoms with Crippen LogP contribution in [0.5, 0.6) is 0 Å². The predicted octanol–water partition coefficient (Wildman–Crippen LogP) is 7.14. The first-order valence-electron chi connectivity index (χ1n) is 15.7. The van der Waals surface area contributed by atoms with Crippen LogP contribution in [0.2, 0.25) is 0 Å². The monoisotopic (exact) mass is 546 g/mol. The minimum atomic E-state index is -0.118. The zero-order chi connectivity index (χ0) is 27.8. The van der Waals surface area contributed by atoms with E-state index in [1.54, 1.807) is 0 Å². The Labute approximate surface area is 235 Å². The van der Waals surface area contributed by atoms with Crippen molar-refractivity contribution in [3.8, 4) is 0 Å². The highest BCUT2D eigenvalue weighted by Gasteiger charge is 2.03. The number of hydrogen-bond acceptors (Lipinski definition) is 7. The van der Waals surface area contributed by atoms with Gasteiger partial charge in [0.2, 0.25) is 0 Å². The molecular formula is C31H62O7. The standard InChI is InChI=1S/C31H62O7/c1-4-6-7-8-9-10-11-12-13-14-15-16-17-18-31(32)38-28-27-36-24-23-34-20-19-33-21-22-35-25-26-37-29-30(3)5-2/h30H,4-29H2,1-3H3. The van der Waals surface area contributed by atoms with Gasteiger partial charge in [-0.25, -0.2) is 0 Å². The van der Waals surface area contributed by atoms with Crippen LogP contribution < -0.4 is 0 Å². The Morgan fingerprint density at radius 2 is 0.868 bits per heavy atom. The van der Waals surface area contributed by atoms with Crippen LogP contribution in [0.4, 0.5) is 0 Å². The van der Waals surface area contributed by atoms with Crippen LogP contribution in [-0.2, 0) is 33.2 Å². The third-order valence-electron chi connectivity index (χ3n) is 6.56. The van der Waals surface area contributed by atoms with Gasteiger partial charge in [0.15, 0.2) is 0 Å². The SMILES string of the molecule is CCCCCCCCCCCCCCCC(=O)OCCOCCOCCOCCOCCOCC(C)CC. The van der Waals surface area contributed by atoms with Crippen molar-refractivity contribution in [1.29, 1.82) is 0 Å². The second-order valence-corrected chi connectivity index (χ2v) is 10.3. The molecule has 0 aliphatic rings. The van der Waals surface area contributed by atoms with Crippen molar-refractivity contribution in [2.24, 2.45) is 5.92 Å². The van der Waals surface area contributed by atoms with E-state index in [2.05, 4.69) is 20.8 Å². The van der Waals surface area contributed by atoms with Crippen LogP contribution in [0.15, 0.2) is 0 Å². The van der Waals surface area contributed by atoms with E-state index < -0.39 is 0 Å². The van der Waals surface area contributed by atoms with E-state index >= 15 is 0 Å². The smallest absolute Gasteiger partial charge is 0.305 e. The molecule has 0 aromatic rings. The molecule has 0 saturated heterocycles. The maximum absolute atomic E-state index is 11.8. The Bertz CT molecular complexity index is 462. The van der Waals surface area contributed by atoms with Gasteiger partial charge in [-0.05, 0) is 12.3 Å². The summed E-state index contributed by atoms with van der Waals surface area (Å²) >= 11 is 0.